The van der Waals surface area contributed by atoms with Crippen LogP contribution in [0.1, 0.15) is 52.8 Å². The highest BCUT2D eigenvalue weighted by atomic mass is 16.4. The minimum absolute atomic E-state index is 0.0318. The van der Waals surface area contributed by atoms with Crippen molar-refractivity contribution in [2.24, 2.45) is 0 Å². The van der Waals surface area contributed by atoms with E-state index >= 15 is 0 Å². The molecule has 2 aliphatic carbocycles. The molecule has 1 saturated heterocycles. The maximum absolute atomic E-state index is 13.0. The number of nitrogens with zero attached hydrogens (tertiary/aromatic N) is 2. The second kappa shape index (κ2) is 8.89. The normalized spacial score (nSPS) is 21.2. The van der Waals surface area contributed by atoms with Crippen LogP contribution in [0.25, 0.3) is 11.1 Å². The van der Waals surface area contributed by atoms with Crippen molar-refractivity contribution in [2.75, 3.05) is 26.2 Å². The number of carbonyl (C=O) groups excluding carboxylic acids is 2. The van der Waals surface area contributed by atoms with Crippen molar-refractivity contribution in [1.29, 1.82) is 0 Å². The summed E-state index contributed by atoms with van der Waals surface area (Å²) in [6.07, 6.45) is 3.46. The number of aliphatic hydroxyl groups is 2. The Morgan fingerprint density at radius 2 is 1.64 bits per heavy atom. The maximum Gasteiger partial charge on any atom is 0.253 e. The molecule has 33 heavy (non-hydrogen) atoms. The SMILES string of the molecule is O=C(NC1CC1)c1cccc(-c2ccc(C(=O)N3CCN(C(O)C4(O)CCC4)CC3)cc2)c1. The van der Waals surface area contributed by atoms with Crippen LogP contribution in [0.15, 0.2) is 48.5 Å². The molecule has 174 valence electrons. The smallest absolute Gasteiger partial charge is 0.253 e. The number of aliphatic hydroxyl groups excluding tert-OH is 1. The molecule has 1 unspecified atom stereocenters. The van der Waals surface area contributed by atoms with E-state index in [0.29, 0.717) is 56.2 Å². The predicted molar refractivity (Wildman–Crippen MR) is 125 cm³/mol. The van der Waals surface area contributed by atoms with Gasteiger partial charge in [0.15, 0.2) is 0 Å². The molecule has 0 bridgehead atoms. The molecule has 5 rings (SSSR count). The second-order valence-corrected chi connectivity index (χ2v) is 9.56. The monoisotopic (exact) mass is 449 g/mol. The number of benzene rings is 2. The van der Waals surface area contributed by atoms with E-state index in [1.54, 1.807) is 4.90 Å². The van der Waals surface area contributed by atoms with Gasteiger partial charge in [0, 0.05) is 43.3 Å². The van der Waals surface area contributed by atoms with Crippen LogP contribution in [0.2, 0.25) is 0 Å². The Hall–Kier alpha value is -2.74. The molecule has 2 aromatic rings. The van der Waals surface area contributed by atoms with Gasteiger partial charge in [0.1, 0.15) is 11.8 Å². The van der Waals surface area contributed by atoms with E-state index in [9.17, 15) is 19.8 Å². The van der Waals surface area contributed by atoms with E-state index in [2.05, 4.69) is 5.32 Å². The van der Waals surface area contributed by atoms with E-state index < -0.39 is 11.8 Å². The fourth-order valence-electron chi connectivity index (χ4n) is 4.63. The van der Waals surface area contributed by atoms with Crippen molar-refractivity contribution in [1.82, 2.24) is 15.1 Å². The van der Waals surface area contributed by atoms with E-state index in [1.165, 1.54) is 0 Å². The molecule has 0 radical (unpaired) electrons. The Bertz CT molecular complexity index is 1020. The van der Waals surface area contributed by atoms with Gasteiger partial charge in [0.25, 0.3) is 11.8 Å². The predicted octanol–water partition coefficient (Wildman–Crippen LogP) is 2.24. The second-order valence-electron chi connectivity index (χ2n) is 9.56. The van der Waals surface area contributed by atoms with Gasteiger partial charge >= 0.3 is 0 Å². The highest BCUT2D eigenvalue weighted by Crippen LogP contribution is 2.36. The lowest BCUT2D eigenvalue weighted by Crippen LogP contribution is -2.61. The summed E-state index contributed by atoms with van der Waals surface area (Å²) in [6.45, 7) is 2.13. The molecule has 1 heterocycles. The molecule has 3 fully saturated rings. The Morgan fingerprint density at radius 1 is 0.939 bits per heavy atom. The van der Waals surface area contributed by atoms with Gasteiger partial charge in [-0.05, 0) is 67.5 Å². The van der Waals surface area contributed by atoms with Crippen LogP contribution >= 0.6 is 0 Å². The van der Waals surface area contributed by atoms with Crippen molar-refractivity contribution in [3.8, 4) is 11.1 Å². The zero-order chi connectivity index (χ0) is 23.0. The molecule has 2 saturated carbocycles. The average molecular weight is 450 g/mol. The number of piperazine rings is 1. The summed E-state index contributed by atoms with van der Waals surface area (Å²) in [7, 11) is 0. The van der Waals surface area contributed by atoms with Crippen LogP contribution in [-0.4, -0.2) is 75.9 Å². The Balaban J connectivity index is 1.20. The minimum atomic E-state index is -0.988. The van der Waals surface area contributed by atoms with Gasteiger partial charge in [-0.1, -0.05) is 24.3 Å². The molecule has 0 spiro atoms. The van der Waals surface area contributed by atoms with Gasteiger partial charge < -0.3 is 20.4 Å². The van der Waals surface area contributed by atoms with Crippen molar-refractivity contribution in [2.45, 2.75) is 50.0 Å². The fraction of sp³-hybridized carbons (Fsp3) is 0.462. The Morgan fingerprint density at radius 3 is 2.24 bits per heavy atom. The molecular formula is C26H31N3O4. The summed E-state index contributed by atoms with van der Waals surface area (Å²) in [6, 6.07) is 15.3. The molecule has 1 atom stereocenters. The molecule has 2 amide bonds. The third-order valence-electron chi connectivity index (χ3n) is 7.15. The van der Waals surface area contributed by atoms with Crippen LogP contribution in [-0.2, 0) is 0 Å². The highest BCUT2D eigenvalue weighted by Gasteiger charge is 2.45. The lowest BCUT2D eigenvalue weighted by Gasteiger charge is -2.47. The summed E-state index contributed by atoms with van der Waals surface area (Å²) in [4.78, 5) is 29.0. The average Bonchev–Trinajstić information content (AvgIpc) is 3.66. The number of amides is 2. The van der Waals surface area contributed by atoms with Gasteiger partial charge in [-0.2, -0.15) is 0 Å². The third kappa shape index (κ3) is 4.67. The molecule has 7 heteroatoms. The van der Waals surface area contributed by atoms with Crippen molar-refractivity contribution in [3.05, 3.63) is 59.7 Å². The van der Waals surface area contributed by atoms with Crippen molar-refractivity contribution < 1.29 is 19.8 Å². The number of rotatable bonds is 6. The summed E-state index contributed by atoms with van der Waals surface area (Å²) in [5.74, 6) is -0.0737. The molecule has 7 nitrogen and oxygen atoms in total. The number of hydrogen-bond donors (Lipinski definition) is 3. The topological polar surface area (TPSA) is 93.1 Å². The van der Waals surface area contributed by atoms with E-state index in [-0.39, 0.29) is 11.8 Å². The van der Waals surface area contributed by atoms with Crippen LogP contribution in [0.4, 0.5) is 0 Å². The Kier molecular flexibility index (Phi) is 5.95. The van der Waals surface area contributed by atoms with Crippen LogP contribution in [0.5, 0.6) is 0 Å². The van der Waals surface area contributed by atoms with Gasteiger partial charge in [-0.3, -0.25) is 14.5 Å². The first-order valence-corrected chi connectivity index (χ1v) is 11.9. The standard InChI is InChI=1S/C26H31N3O4/c30-23(27-22-9-10-22)21-4-1-3-20(17-21)18-5-7-19(8-6-18)24(31)28-13-15-29(16-14-28)25(32)26(33)11-2-12-26/h1,3-8,17,22,25,32-33H,2,9-16H2,(H,27,30). The largest absolute Gasteiger partial charge is 0.386 e. The number of nitrogens with one attached hydrogen (secondary N) is 1. The number of carbonyl (C=O) groups is 2. The van der Waals surface area contributed by atoms with E-state index in [1.807, 2.05) is 53.4 Å². The first-order chi connectivity index (χ1) is 15.9. The minimum Gasteiger partial charge on any atom is -0.386 e. The molecular weight excluding hydrogens is 418 g/mol. The van der Waals surface area contributed by atoms with Crippen LogP contribution in [0, 0.1) is 0 Å². The lowest BCUT2D eigenvalue weighted by atomic mass is 9.78. The van der Waals surface area contributed by atoms with Crippen molar-refractivity contribution in [3.63, 3.8) is 0 Å². The Labute approximate surface area is 194 Å². The van der Waals surface area contributed by atoms with Crippen molar-refractivity contribution >= 4 is 11.8 Å². The first-order valence-electron chi connectivity index (χ1n) is 11.9. The summed E-state index contributed by atoms with van der Waals surface area (Å²) < 4.78 is 0. The third-order valence-corrected chi connectivity index (χ3v) is 7.15. The molecule has 3 aliphatic rings. The summed E-state index contributed by atoms with van der Waals surface area (Å²) in [5.41, 5.74) is 2.17. The zero-order valence-corrected chi connectivity index (χ0v) is 18.7. The van der Waals surface area contributed by atoms with Crippen LogP contribution < -0.4 is 5.32 Å². The summed E-state index contributed by atoms with van der Waals surface area (Å²) in [5, 5.41) is 23.9. The van der Waals surface area contributed by atoms with E-state index in [0.717, 1.165) is 30.4 Å². The fourth-order valence-corrected chi connectivity index (χ4v) is 4.63. The maximum atomic E-state index is 13.0. The quantitative estimate of drug-likeness (QED) is 0.629. The van der Waals surface area contributed by atoms with Crippen LogP contribution in [0.3, 0.4) is 0 Å². The molecule has 2 aromatic carbocycles. The first kappa shape index (κ1) is 22.1. The van der Waals surface area contributed by atoms with Gasteiger partial charge in [-0.15, -0.1) is 0 Å². The van der Waals surface area contributed by atoms with E-state index in [4.69, 9.17) is 0 Å². The highest BCUT2D eigenvalue weighted by molar-refractivity contribution is 5.96. The number of hydrogen-bond acceptors (Lipinski definition) is 5. The lowest BCUT2D eigenvalue weighted by molar-refractivity contribution is -0.190. The zero-order valence-electron chi connectivity index (χ0n) is 18.7. The molecule has 1 aliphatic heterocycles. The van der Waals surface area contributed by atoms with Gasteiger partial charge in [0.05, 0.1) is 0 Å². The summed E-state index contributed by atoms with van der Waals surface area (Å²) >= 11 is 0. The molecule has 3 N–H and O–H groups in total. The van der Waals surface area contributed by atoms with Gasteiger partial charge in [-0.25, -0.2) is 0 Å². The van der Waals surface area contributed by atoms with Gasteiger partial charge in [0.2, 0.25) is 0 Å². The molecule has 0 aromatic heterocycles.